The Morgan fingerprint density at radius 2 is 2.16 bits per heavy atom. The summed E-state index contributed by atoms with van der Waals surface area (Å²) in [5.41, 5.74) is 1.49. The summed E-state index contributed by atoms with van der Waals surface area (Å²) in [5, 5.41) is 7.64. The summed E-state index contributed by atoms with van der Waals surface area (Å²) in [4.78, 5) is 4.89. The van der Waals surface area contributed by atoms with Gasteiger partial charge in [-0.05, 0) is 56.1 Å². The van der Waals surface area contributed by atoms with E-state index in [0.29, 0.717) is 6.79 Å². The highest BCUT2D eigenvalue weighted by Crippen LogP contribution is 2.50. The van der Waals surface area contributed by atoms with Crippen LogP contribution in [0.3, 0.4) is 0 Å². The Labute approximate surface area is 154 Å². The first kappa shape index (κ1) is 16.9. The first-order valence-corrected chi connectivity index (χ1v) is 10.4. The molecule has 2 fully saturated rings. The average molecular weight is 362 g/mol. The fourth-order valence-electron chi connectivity index (χ4n) is 3.50. The van der Waals surface area contributed by atoms with Gasteiger partial charge in [-0.1, -0.05) is 6.07 Å². The third-order valence-corrected chi connectivity index (χ3v) is 6.64. The number of hydrogen-bond donors (Lipinski definition) is 2. The minimum Gasteiger partial charge on any atom is -0.454 e. The second kappa shape index (κ2) is 7.36. The lowest BCUT2D eigenvalue weighted by molar-refractivity contribution is 0.174. The number of ether oxygens (including phenoxy) is 2. The molecule has 25 heavy (non-hydrogen) atoms. The molecule has 2 N–H and O–H groups in total. The Bertz CT molecular complexity index is 640. The molecule has 136 valence electrons. The van der Waals surface area contributed by atoms with Gasteiger partial charge < -0.3 is 20.1 Å². The van der Waals surface area contributed by atoms with E-state index >= 15 is 0 Å². The lowest BCUT2D eigenvalue weighted by Crippen LogP contribution is -2.40. The molecule has 0 spiro atoms. The number of nitrogens with zero attached hydrogens (tertiary/aromatic N) is 1. The molecule has 2 heterocycles. The lowest BCUT2D eigenvalue weighted by Gasteiger charge is -2.17. The van der Waals surface area contributed by atoms with Gasteiger partial charge in [0, 0.05) is 23.8 Å². The van der Waals surface area contributed by atoms with Crippen LogP contribution in [0.25, 0.3) is 0 Å². The summed E-state index contributed by atoms with van der Waals surface area (Å²) in [6, 6.07) is 6.34. The van der Waals surface area contributed by atoms with Gasteiger partial charge in [-0.25, -0.2) is 0 Å². The number of aliphatic imine (C=N–C) groups is 1. The van der Waals surface area contributed by atoms with E-state index in [1.807, 2.05) is 6.07 Å². The van der Waals surface area contributed by atoms with Crippen LogP contribution in [0.15, 0.2) is 23.2 Å². The van der Waals surface area contributed by atoms with E-state index in [1.165, 1.54) is 37.0 Å². The minimum atomic E-state index is 0.172. The van der Waals surface area contributed by atoms with Crippen LogP contribution in [-0.4, -0.2) is 43.4 Å². The molecule has 0 amide bonds. The first-order chi connectivity index (χ1) is 12.3. The van der Waals surface area contributed by atoms with Gasteiger partial charge >= 0.3 is 0 Å². The summed E-state index contributed by atoms with van der Waals surface area (Å²) in [6.07, 6.45) is 5.04. The number of thioether (sulfide) groups is 1. The molecule has 6 heteroatoms. The van der Waals surface area contributed by atoms with E-state index in [-0.39, 0.29) is 5.41 Å². The number of hydrogen-bond acceptors (Lipinski definition) is 4. The van der Waals surface area contributed by atoms with E-state index in [0.717, 1.165) is 42.3 Å². The standard InChI is InChI=1S/C19H27N3O2S/c1-2-20-18(21-11-15-4-3-9-25-15)22-12-19(7-8-19)14-5-6-16-17(10-14)24-13-23-16/h5-6,10,15H,2-4,7-9,11-13H2,1H3,(H2,20,21,22). The van der Waals surface area contributed by atoms with Gasteiger partial charge in [0.2, 0.25) is 6.79 Å². The van der Waals surface area contributed by atoms with E-state index in [4.69, 9.17) is 14.5 Å². The molecule has 1 saturated heterocycles. The van der Waals surface area contributed by atoms with E-state index in [1.54, 1.807) is 0 Å². The molecule has 1 unspecified atom stereocenters. The molecule has 1 aromatic carbocycles. The second-order valence-corrected chi connectivity index (χ2v) is 8.47. The normalized spacial score (nSPS) is 23.6. The predicted molar refractivity (Wildman–Crippen MR) is 103 cm³/mol. The van der Waals surface area contributed by atoms with Crippen LogP contribution in [0.1, 0.15) is 38.2 Å². The van der Waals surface area contributed by atoms with Crippen LogP contribution in [0.4, 0.5) is 0 Å². The zero-order valence-electron chi connectivity index (χ0n) is 14.8. The predicted octanol–water partition coefficient (Wildman–Crippen LogP) is 2.90. The van der Waals surface area contributed by atoms with Crippen molar-refractivity contribution in [3.8, 4) is 11.5 Å². The van der Waals surface area contributed by atoms with Gasteiger partial charge in [-0.15, -0.1) is 0 Å². The lowest BCUT2D eigenvalue weighted by atomic mass is 9.96. The summed E-state index contributed by atoms with van der Waals surface area (Å²) < 4.78 is 11.0. The fourth-order valence-corrected chi connectivity index (χ4v) is 4.70. The average Bonchev–Trinajstić information content (AvgIpc) is 3.04. The SMILES string of the molecule is CCNC(=NCC1(c2ccc3c(c2)OCO3)CC1)NCC1CCCS1. The molecular weight excluding hydrogens is 334 g/mol. The zero-order valence-corrected chi connectivity index (χ0v) is 15.7. The quantitative estimate of drug-likeness (QED) is 0.603. The highest BCUT2D eigenvalue weighted by molar-refractivity contribution is 8.00. The Kier molecular flexibility index (Phi) is 4.97. The maximum absolute atomic E-state index is 5.54. The topological polar surface area (TPSA) is 54.9 Å². The molecule has 4 rings (SSSR count). The maximum Gasteiger partial charge on any atom is 0.231 e. The molecule has 1 atom stereocenters. The molecule has 1 aromatic rings. The fraction of sp³-hybridized carbons (Fsp3) is 0.632. The van der Waals surface area contributed by atoms with E-state index < -0.39 is 0 Å². The van der Waals surface area contributed by atoms with Crippen molar-refractivity contribution in [3.05, 3.63) is 23.8 Å². The second-order valence-electron chi connectivity index (χ2n) is 7.06. The van der Waals surface area contributed by atoms with Crippen molar-refractivity contribution in [2.45, 2.75) is 43.3 Å². The van der Waals surface area contributed by atoms with Gasteiger partial charge in [-0.2, -0.15) is 11.8 Å². The largest absolute Gasteiger partial charge is 0.454 e. The van der Waals surface area contributed by atoms with Crippen molar-refractivity contribution in [2.24, 2.45) is 4.99 Å². The molecule has 0 bridgehead atoms. The molecule has 0 aromatic heterocycles. The van der Waals surface area contributed by atoms with Gasteiger partial charge in [0.05, 0.1) is 6.54 Å². The molecular formula is C19H27N3O2S. The van der Waals surface area contributed by atoms with Crippen LogP contribution in [0.5, 0.6) is 11.5 Å². The van der Waals surface area contributed by atoms with Crippen molar-refractivity contribution in [1.29, 1.82) is 0 Å². The van der Waals surface area contributed by atoms with Crippen LogP contribution in [0.2, 0.25) is 0 Å². The Balaban J connectivity index is 1.40. The van der Waals surface area contributed by atoms with Gasteiger partial charge in [-0.3, -0.25) is 4.99 Å². The van der Waals surface area contributed by atoms with E-state index in [2.05, 4.69) is 41.5 Å². The van der Waals surface area contributed by atoms with E-state index in [9.17, 15) is 0 Å². The molecule has 3 aliphatic rings. The Hall–Kier alpha value is -1.56. The minimum absolute atomic E-state index is 0.172. The smallest absolute Gasteiger partial charge is 0.231 e. The highest BCUT2D eigenvalue weighted by Gasteiger charge is 2.44. The Morgan fingerprint density at radius 3 is 2.92 bits per heavy atom. The van der Waals surface area contributed by atoms with Crippen molar-refractivity contribution in [1.82, 2.24) is 10.6 Å². The highest BCUT2D eigenvalue weighted by atomic mass is 32.2. The summed E-state index contributed by atoms with van der Waals surface area (Å²) in [6.45, 7) is 5.16. The molecule has 2 aliphatic heterocycles. The van der Waals surface area contributed by atoms with Gasteiger partial charge in [0.15, 0.2) is 17.5 Å². The molecule has 5 nitrogen and oxygen atoms in total. The summed E-state index contributed by atoms with van der Waals surface area (Å²) in [7, 11) is 0. The number of guanidine groups is 1. The number of fused-ring (bicyclic) bond motifs is 1. The molecule has 1 aliphatic carbocycles. The van der Waals surface area contributed by atoms with Gasteiger partial charge in [0.1, 0.15) is 0 Å². The van der Waals surface area contributed by atoms with Crippen molar-refractivity contribution < 1.29 is 9.47 Å². The third-order valence-electron chi connectivity index (χ3n) is 5.24. The number of rotatable bonds is 6. The zero-order chi connectivity index (χ0) is 17.1. The third kappa shape index (κ3) is 3.84. The van der Waals surface area contributed by atoms with Crippen LogP contribution in [-0.2, 0) is 5.41 Å². The summed E-state index contributed by atoms with van der Waals surface area (Å²) in [5.74, 6) is 3.97. The van der Waals surface area contributed by atoms with Crippen LogP contribution >= 0.6 is 11.8 Å². The van der Waals surface area contributed by atoms with Crippen molar-refractivity contribution in [3.63, 3.8) is 0 Å². The monoisotopic (exact) mass is 361 g/mol. The Morgan fingerprint density at radius 1 is 1.28 bits per heavy atom. The number of nitrogens with one attached hydrogen (secondary N) is 2. The summed E-state index contributed by atoms with van der Waals surface area (Å²) >= 11 is 2.08. The van der Waals surface area contributed by atoms with Crippen molar-refractivity contribution >= 4 is 17.7 Å². The maximum atomic E-state index is 5.54. The van der Waals surface area contributed by atoms with Crippen molar-refractivity contribution in [2.75, 3.05) is 32.2 Å². The molecule has 1 saturated carbocycles. The molecule has 0 radical (unpaired) electrons. The van der Waals surface area contributed by atoms with Crippen LogP contribution in [0, 0.1) is 0 Å². The first-order valence-electron chi connectivity index (χ1n) is 9.33. The van der Waals surface area contributed by atoms with Gasteiger partial charge in [0.25, 0.3) is 0 Å². The number of benzene rings is 1. The van der Waals surface area contributed by atoms with Crippen LogP contribution < -0.4 is 20.1 Å².